The molecule has 0 spiro atoms. The third-order valence-electron chi connectivity index (χ3n) is 2.61. The first-order valence-corrected chi connectivity index (χ1v) is 6.16. The van der Waals surface area contributed by atoms with Crippen LogP contribution in [-0.4, -0.2) is 32.7 Å². The summed E-state index contributed by atoms with van der Waals surface area (Å²) in [5.74, 6) is -1.31. The second kappa shape index (κ2) is 7.94. The average molecular weight is 308 g/mol. The molecule has 0 bridgehead atoms. The van der Waals surface area contributed by atoms with Crippen molar-refractivity contribution in [3.8, 4) is 0 Å². The van der Waals surface area contributed by atoms with Crippen molar-refractivity contribution in [1.82, 2.24) is 10.6 Å². The molecule has 0 aliphatic heterocycles. The first-order valence-electron chi connectivity index (χ1n) is 6.16. The summed E-state index contributed by atoms with van der Waals surface area (Å²) in [7, 11) is 1.48. The van der Waals surface area contributed by atoms with E-state index in [-0.39, 0.29) is 24.6 Å². The molecule has 0 saturated heterocycles. The molecule has 8 heteroatoms. The van der Waals surface area contributed by atoms with Crippen LogP contribution in [0.4, 0.5) is 17.6 Å². The molecule has 0 saturated carbocycles. The minimum atomic E-state index is -4.64. The Morgan fingerprint density at radius 3 is 2.67 bits per heavy atom. The number of hydrogen-bond acceptors (Lipinski definition) is 3. The molecule has 0 fully saturated rings. The molecule has 21 heavy (non-hydrogen) atoms. The quantitative estimate of drug-likeness (QED) is 0.595. The van der Waals surface area contributed by atoms with Crippen LogP contribution in [0.3, 0.4) is 0 Å². The molecule has 0 unspecified atom stereocenters. The van der Waals surface area contributed by atoms with Gasteiger partial charge in [-0.25, -0.2) is 4.39 Å². The van der Waals surface area contributed by atoms with Gasteiger partial charge in [0, 0.05) is 20.2 Å². The lowest BCUT2D eigenvalue weighted by molar-refractivity contribution is -0.138. The molecule has 1 aromatic rings. The normalized spacial score (nSPS) is 11.5. The smallest absolute Gasteiger partial charge is 0.383 e. The lowest BCUT2D eigenvalue weighted by Gasteiger charge is -2.13. The van der Waals surface area contributed by atoms with Crippen LogP contribution in [0.25, 0.3) is 0 Å². The highest BCUT2D eigenvalue weighted by molar-refractivity contribution is 5.77. The number of ether oxygens (including phenoxy) is 1. The Hall–Kier alpha value is -1.67. The highest BCUT2D eigenvalue weighted by Crippen LogP contribution is 2.32. The van der Waals surface area contributed by atoms with Crippen molar-refractivity contribution in [2.75, 3.05) is 26.8 Å². The molecular weight excluding hydrogens is 292 g/mol. The number of amides is 1. The number of benzene rings is 1. The zero-order valence-electron chi connectivity index (χ0n) is 11.4. The molecule has 1 amide bonds. The molecule has 4 nitrogen and oxygen atoms in total. The lowest BCUT2D eigenvalue weighted by Crippen LogP contribution is -2.35. The summed E-state index contributed by atoms with van der Waals surface area (Å²) >= 11 is 0. The van der Waals surface area contributed by atoms with Gasteiger partial charge < -0.3 is 15.4 Å². The Labute approximate surface area is 119 Å². The van der Waals surface area contributed by atoms with Crippen LogP contribution in [0.2, 0.25) is 0 Å². The molecule has 1 aromatic carbocycles. The maximum absolute atomic E-state index is 12.9. The Kier molecular flexibility index (Phi) is 6.57. The van der Waals surface area contributed by atoms with E-state index in [2.05, 4.69) is 10.6 Å². The number of halogens is 4. The van der Waals surface area contributed by atoms with Crippen LogP contribution in [0.1, 0.15) is 11.1 Å². The molecule has 0 heterocycles. The van der Waals surface area contributed by atoms with Crippen molar-refractivity contribution in [3.05, 3.63) is 35.1 Å². The standard InChI is InChI=1S/C13H16F4N2O2/c1-21-5-4-19-12(20)8-18-7-9-2-3-10(14)6-11(9)13(15,16)17/h2-3,6,18H,4-5,7-8H2,1H3,(H,19,20). The van der Waals surface area contributed by atoms with Crippen molar-refractivity contribution in [3.63, 3.8) is 0 Å². The highest BCUT2D eigenvalue weighted by Gasteiger charge is 2.33. The first-order chi connectivity index (χ1) is 9.84. The summed E-state index contributed by atoms with van der Waals surface area (Å²) in [5.41, 5.74) is -1.16. The van der Waals surface area contributed by atoms with Gasteiger partial charge in [0.25, 0.3) is 0 Å². The highest BCUT2D eigenvalue weighted by atomic mass is 19.4. The van der Waals surface area contributed by atoms with Crippen LogP contribution in [-0.2, 0) is 22.3 Å². The molecule has 0 radical (unpaired) electrons. The van der Waals surface area contributed by atoms with Gasteiger partial charge in [0.2, 0.25) is 5.91 Å². The number of rotatable bonds is 7. The fourth-order valence-corrected chi connectivity index (χ4v) is 1.63. The van der Waals surface area contributed by atoms with Crippen molar-refractivity contribution >= 4 is 5.91 Å². The molecule has 0 aromatic heterocycles. The van der Waals surface area contributed by atoms with E-state index >= 15 is 0 Å². The van der Waals surface area contributed by atoms with E-state index in [1.165, 1.54) is 7.11 Å². The fraction of sp³-hybridized carbons (Fsp3) is 0.462. The van der Waals surface area contributed by atoms with Gasteiger partial charge in [-0.3, -0.25) is 4.79 Å². The van der Waals surface area contributed by atoms with Gasteiger partial charge in [-0.1, -0.05) is 6.07 Å². The largest absolute Gasteiger partial charge is 0.416 e. The van der Waals surface area contributed by atoms with Gasteiger partial charge in [0.15, 0.2) is 0 Å². The number of nitrogens with one attached hydrogen (secondary N) is 2. The number of methoxy groups -OCH3 is 1. The van der Waals surface area contributed by atoms with Crippen LogP contribution in [0, 0.1) is 5.82 Å². The van der Waals surface area contributed by atoms with Crippen LogP contribution in [0.15, 0.2) is 18.2 Å². The van der Waals surface area contributed by atoms with Gasteiger partial charge in [-0.05, 0) is 17.7 Å². The number of carbonyl (C=O) groups excluding carboxylic acids is 1. The minimum absolute atomic E-state index is 0.117. The molecule has 2 N–H and O–H groups in total. The van der Waals surface area contributed by atoms with E-state index in [0.29, 0.717) is 19.2 Å². The summed E-state index contributed by atoms with van der Waals surface area (Å²) in [6.45, 7) is 0.342. The summed E-state index contributed by atoms with van der Waals surface area (Å²) in [6.07, 6.45) is -4.64. The van der Waals surface area contributed by atoms with Crippen molar-refractivity contribution in [2.45, 2.75) is 12.7 Å². The third-order valence-corrected chi connectivity index (χ3v) is 2.61. The second-order valence-electron chi connectivity index (χ2n) is 4.25. The summed E-state index contributed by atoms with van der Waals surface area (Å²) < 4.78 is 55.8. The van der Waals surface area contributed by atoms with E-state index in [1.807, 2.05) is 0 Å². The first kappa shape index (κ1) is 17.4. The molecule has 0 aliphatic carbocycles. The summed E-state index contributed by atoms with van der Waals surface area (Å²) in [6, 6.07) is 2.44. The van der Waals surface area contributed by atoms with Crippen LogP contribution >= 0.6 is 0 Å². The minimum Gasteiger partial charge on any atom is -0.383 e. The van der Waals surface area contributed by atoms with Gasteiger partial charge in [-0.15, -0.1) is 0 Å². The van der Waals surface area contributed by atoms with E-state index < -0.39 is 17.6 Å². The van der Waals surface area contributed by atoms with Crippen molar-refractivity contribution in [2.24, 2.45) is 0 Å². The van der Waals surface area contributed by atoms with Gasteiger partial charge in [-0.2, -0.15) is 13.2 Å². The monoisotopic (exact) mass is 308 g/mol. The fourth-order valence-electron chi connectivity index (χ4n) is 1.63. The Bertz CT molecular complexity index is 478. The molecule has 118 valence electrons. The lowest BCUT2D eigenvalue weighted by atomic mass is 10.1. The van der Waals surface area contributed by atoms with Gasteiger partial charge >= 0.3 is 6.18 Å². The molecule has 0 atom stereocenters. The number of carbonyl (C=O) groups is 1. The predicted octanol–water partition coefficient (Wildman–Crippen LogP) is 1.70. The van der Waals surface area contributed by atoms with Crippen LogP contribution < -0.4 is 10.6 Å². The van der Waals surface area contributed by atoms with E-state index in [9.17, 15) is 22.4 Å². The Balaban J connectivity index is 2.54. The third kappa shape index (κ3) is 6.09. The maximum atomic E-state index is 12.9. The average Bonchev–Trinajstić information content (AvgIpc) is 2.39. The summed E-state index contributed by atoms with van der Waals surface area (Å²) in [5, 5.41) is 5.10. The van der Waals surface area contributed by atoms with E-state index in [1.54, 1.807) is 0 Å². The second-order valence-corrected chi connectivity index (χ2v) is 4.25. The zero-order valence-corrected chi connectivity index (χ0v) is 11.4. The SMILES string of the molecule is COCCNC(=O)CNCc1ccc(F)cc1C(F)(F)F. The molecule has 0 aliphatic rings. The van der Waals surface area contributed by atoms with Gasteiger partial charge in [0.05, 0.1) is 18.7 Å². The predicted molar refractivity (Wildman–Crippen MR) is 68.0 cm³/mol. The van der Waals surface area contributed by atoms with Crippen molar-refractivity contribution in [1.29, 1.82) is 0 Å². The summed E-state index contributed by atoms with van der Waals surface area (Å²) in [4.78, 5) is 11.3. The topological polar surface area (TPSA) is 50.4 Å². The Morgan fingerprint density at radius 1 is 1.33 bits per heavy atom. The zero-order chi connectivity index (χ0) is 15.9. The Morgan fingerprint density at radius 2 is 2.05 bits per heavy atom. The molecule has 1 rings (SSSR count). The van der Waals surface area contributed by atoms with E-state index in [0.717, 1.165) is 12.1 Å². The maximum Gasteiger partial charge on any atom is 0.416 e. The number of alkyl halides is 3. The number of hydrogen-bond donors (Lipinski definition) is 2. The molecular formula is C13H16F4N2O2. The van der Waals surface area contributed by atoms with E-state index in [4.69, 9.17) is 4.74 Å². The van der Waals surface area contributed by atoms with Crippen LogP contribution in [0.5, 0.6) is 0 Å². The van der Waals surface area contributed by atoms with Crippen molar-refractivity contribution < 1.29 is 27.1 Å². The van der Waals surface area contributed by atoms with Gasteiger partial charge in [0.1, 0.15) is 5.82 Å².